The highest BCUT2D eigenvalue weighted by molar-refractivity contribution is 7.89. The van der Waals surface area contributed by atoms with Crippen LogP contribution in [0.1, 0.15) is 29.1 Å². The molecule has 0 spiro atoms. The molecule has 0 aliphatic heterocycles. The quantitative estimate of drug-likeness (QED) is 0.842. The summed E-state index contributed by atoms with van der Waals surface area (Å²) in [6, 6.07) is 0. The summed E-state index contributed by atoms with van der Waals surface area (Å²) in [5.74, 6) is -0.0559. The van der Waals surface area contributed by atoms with Crippen molar-refractivity contribution in [3.63, 3.8) is 0 Å². The normalized spacial score (nSPS) is 11.8. The number of aromatic nitrogens is 2. The van der Waals surface area contributed by atoms with E-state index in [2.05, 4.69) is 9.97 Å². The number of nitrogens with one attached hydrogen (secondary N) is 2. The van der Waals surface area contributed by atoms with Gasteiger partial charge in [-0.25, -0.2) is 13.4 Å². The van der Waals surface area contributed by atoms with Gasteiger partial charge in [-0.1, -0.05) is 0 Å². The van der Waals surface area contributed by atoms with Gasteiger partial charge < -0.3 is 4.98 Å². The summed E-state index contributed by atoms with van der Waals surface area (Å²) >= 11 is 1.47. The van der Waals surface area contributed by atoms with E-state index in [9.17, 15) is 18.0 Å². The predicted molar refractivity (Wildman–Crippen MR) is 85.6 cm³/mol. The third-order valence-electron chi connectivity index (χ3n) is 3.20. The number of aryl methyl sites for hydroxylation is 3. The van der Waals surface area contributed by atoms with Crippen molar-refractivity contribution in [2.75, 3.05) is 6.26 Å². The highest BCUT2D eigenvalue weighted by atomic mass is 32.2. The lowest BCUT2D eigenvalue weighted by Gasteiger charge is -2.03. The second-order valence-electron chi connectivity index (χ2n) is 5.13. The van der Waals surface area contributed by atoms with E-state index in [0.717, 1.165) is 16.7 Å². The lowest BCUT2D eigenvalue weighted by Crippen LogP contribution is -2.29. The molecule has 2 N–H and O–H groups in total. The van der Waals surface area contributed by atoms with Gasteiger partial charge in [0.2, 0.25) is 15.9 Å². The predicted octanol–water partition coefficient (Wildman–Crippen LogP) is 1.000. The maximum Gasteiger partial charge on any atom is 0.259 e. The average Bonchev–Trinajstić information content (AvgIpc) is 2.63. The van der Waals surface area contributed by atoms with Crippen molar-refractivity contribution in [3.8, 4) is 0 Å². The summed E-state index contributed by atoms with van der Waals surface area (Å²) in [7, 11) is -3.53. The number of amides is 1. The lowest BCUT2D eigenvalue weighted by atomic mass is 10.2. The first-order chi connectivity index (χ1) is 10.2. The van der Waals surface area contributed by atoms with Gasteiger partial charge in [-0.15, -0.1) is 11.3 Å². The summed E-state index contributed by atoms with van der Waals surface area (Å²) in [5.41, 5.74) is 0.760. The number of hydrogen-bond acceptors (Lipinski definition) is 6. The van der Waals surface area contributed by atoms with Crippen molar-refractivity contribution in [3.05, 3.63) is 26.6 Å². The van der Waals surface area contributed by atoms with Crippen LogP contribution in [-0.2, 0) is 21.2 Å². The van der Waals surface area contributed by atoms with Gasteiger partial charge in [-0.05, 0) is 25.8 Å². The smallest absolute Gasteiger partial charge is 0.259 e. The van der Waals surface area contributed by atoms with E-state index in [-0.39, 0.29) is 12.0 Å². The standard InChI is InChI=1S/C13H17N3O4S2/c1-7-8(2)21-13-11(7)12(18)14-9(15-13)5-4-6-10(17)16-22(3,19)20/h4-6H2,1-3H3,(H,16,17)(H,14,15,18). The number of rotatable bonds is 5. The molecular weight excluding hydrogens is 326 g/mol. The molecule has 0 aliphatic rings. The minimum atomic E-state index is -3.53. The molecule has 2 rings (SSSR count). The third kappa shape index (κ3) is 3.92. The summed E-state index contributed by atoms with van der Waals surface area (Å²) in [4.78, 5) is 32.3. The molecule has 0 bridgehead atoms. The largest absolute Gasteiger partial charge is 0.310 e. The minimum absolute atomic E-state index is 0.0529. The summed E-state index contributed by atoms with van der Waals surface area (Å²) in [5, 5.41) is 0.612. The molecule has 9 heteroatoms. The van der Waals surface area contributed by atoms with Crippen LogP contribution in [0.3, 0.4) is 0 Å². The Morgan fingerprint density at radius 2 is 2.05 bits per heavy atom. The summed E-state index contributed by atoms with van der Waals surface area (Å²) in [6.45, 7) is 3.83. The molecule has 2 aromatic heterocycles. The molecule has 0 unspecified atom stereocenters. The topological polar surface area (TPSA) is 109 Å². The number of carbonyl (C=O) groups excluding carboxylic acids is 1. The van der Waals surface area contributed by atoms with Gasteiger partial charge in [0.1, 0.15) is 10.7 Å². The van der Waals surface area contributed by atoms with Crippen molar-refractivity contribution >= 4 is 37.5 Å². The van der Waals surface area contributed by atoms with E-state index < -0.39 is 15.9 Å². The van der Waals surface area contributed by atoms with Gasteiger partial charge in [-0.3, -0.25) is 14.3 Å². The van der Waals surface area contributed by atoms with Crippen LogP contribution in [0.4, 0.5) is 0 Å². The zero-order chi connectivity index (χ0) is 16.5. The first-order valence-electron chi connectivity index (χ1n) is 6.67. The number of nitrogens with zero attached hydrogens (tertiary/aromatic N) is 1. The Morgan fingerprint density at radius 3 is 2.68 bits per heavy atom. The monoisotopic (exact) mass is 343 g/mol. The van der Waals surface area contributed by atoms with Crippen molar-refractivity contribution in [2.24, 2.45) is 0 Å². The molecule has 0 atom stereocenters. The Kier molecular flexibility index (Phi) is 4.66. The molecule has 1 amide bonds. The van der Waals surface area contributed by atoms with Crippen molar-refractivity contribution in [2.45, 2.75) is 33.1 Å². The highest BCUT2D eigenvalue weighted by Crippen LogP contribution is 2.25. The maximum atomic E-state index is 12.1. The molecule has 0 aromatic carbocycles. The molecule has 22 heavy (non-hydrogen) atoms. The fraction of sp³-hybridized carbons (Fsp3) is 0.462. The first-order valence-corrected chi connectivity index (χ1v) is 9.37. The summed E-state index contributed by atoms with van der Waals surface area (Å²) < 4.78 is 23.7. The fourth-order valence-electron chi connectivity index (χ4n) is 2.09. The van der Waals surface area contributed by atoms with Gasteiger partial charge in [0.15, 0.2) is 0 Å². The Hall–Kier alpha value is -1.74. The molecule has 0 saturated heterocycles. The highest BCUT2D eigenvalue weighted by Gasteiger charge is 2.12. The fourth-order valence-corrected chi connectivity index (χ4v) is 3.66. The SMILES string of the molecule is Cc1sc2nc(CCCC(=O)NS(C)(=O)=O)[nH]c(=O)c2c1C. The second kappa shape index (κ2) is 6.17. The van der Waals surface area contributed by atoms with Crippen LogP contribution in [0.25, 0.3) is 10.2 Å². The van der Waals surface area contributed by atoms with Crippen LogP contribution < -0.4 is 10.3 Å². The number of hydrogen-bond donors (Lipinski definition) is 2. The van der Waals surface area contributed by atoms with Crippen LogP contribution in [-0.4, -0.2) is 30.5 Å². The molecule has 0 saturated carbocycles. The van der Waals surface area contributed by atoms with Crippen molar-refractivity contribution in [1.29, 1.82) is 0 Å². The molecular formula is C13H17N3O4S2. The van der Waals surface area contributed by atoms with Gasteiger partial charge in [-0.2, -0.15) is 0 Å². The van der Waals surface area contributed by atoms with Gasteiger partial charge >= 0.3 is 0 Å². The van der Waals surface area contributed by atoms with E-state index in [1.54, 1.807) is 0 Å². The number of fused-ring (bicyclic) bond motifs is 1. The molecule has 2 aromatic rings. The Morgan fingerprint density at radius 1 is 1.36 bits per heavy atom. The number of thiophene rings is 1. The van der Waals surface area contributed by atoms with E-state index in [1.807, 2.05) is 18.6 Å². The molecule has 2 heterocycles. The Labute approximate surface area is 131 Å². The van der Waals surface area contributed by atoms with Gasteiger partial charge in [0.25, 0.3) is 5.56 Å². The number of aromatic amines is 1. The Bertz CT molecular complexity index is 881. The molecule has 7 nitrogen and oxygen atoms in total. The molecule has 0 aliphatic carbocycles. The van der Waals surface area contributed by atoms with Crippen molar-refractivity contribution < 1.29 is 13.2 Å². The third-order valence-corrected chi connectivity index (χ3v) is 4.90. The summed E-state index contributed by atoms with van der Waals surface area (Å²) in [6.07, 6.45) is 1.79. The van der Waals surface area contributed by atoms with Gasteiger partial charge in [0.05, 0.1) is 11.6 Å². The first kappa shape index (κ1) is 16.6. The zero-order valence-electron chi connectivity index (χ0n) is 12.5. The average molecular weight is 343 g/mol. The van der Waals surface area contributed by atoms with E-state index in [4.69, 9.17) is 0 Å². The number of sulfonamides is 1. The van der Waals surface area contributed by atoms with Crippen LogP contribution in [0, 0.1) is 13.8 Å². The number of H-pyrrole nitrogens is 1. The zero-order valence-corrected chi connectivity index (χ0v) is 14.2. The van der Waals surface area contributed by atoms with Crippen LogP contribution in [0.2, 0.25) is 0 Å². The molecule has 120 valence electrons. The number of carbonyl (C=O) groups is 1. The molecule has 0 radical (unpaired) electrons. The maximum absolute atomic E-state index is 12.1. The minimum Gasteiger partial charge on any atom is -0.310 e. The van der Waals surface area contributed by atoms with Crippen molar-refractivity contribution in [1.82, 2.24) is 14.7 Å². The molecule has 0 fully saturated rings. The van der Waals surface area contributed by atoms with E-state index >= 15 is 0 Å². The van der Waals surface area contributed by atoms with E-state index in [0.29, 0.717) is 28.9 Å². The lowest BCUT2D eigenvalue weighted by molar-refractivity contribution is -0.119. The van der Waals surface area contributed by atoms with Crippen LogP contribution in [0.5, 0.6) is 0 Å². The second-order valence-corrected chi connectivity index (χ2v) is 8.08. The van der Waals surface area contributed by atoms with Crippen LogP contribution >= 0.6 is 11.3 Å². The Balaban J connectivity index is 2.07. The van der Waals surface area contributed by atoms with E-state index in [1.165, 1.54) is 11.3 Å². The van der Waals surface area contributed by atoms with Crippen LogP contribution in [0.15, 0.2) is 4.79 Å². The van der Waals surface area contributed by atoms with Gasteiger partial charge in [0, 0.05) is 17.7 Å².